The van der Waals surface area contributed by atoms with Crippen LogP contribution in [0.2, 0.25) is 5.02 Å². The fraction of sp³-hybridized carbons (Fsp3) is 0. The number of benzene rings is 2. The molecule has 2 aromatic carbocycles. The van der Waals surface area contributed by atoms with Crippen LogP contribution in [0.15, 0.2) is 68.6 Å². The molecule has 0 bridgehead atoms. The van der Waals surface area contributed by atoms with Crippen LogP contribution in [0.5, 0.6) is 5.75 Å². The van der Waals surface area contributed by atoms with E-state index in [1.807, 2.05) is 12.1 Å². The van der Waals surface area contributed by atoms with Crippen LogP contribution >= 0.6 is 27.5 Å². The summed E-state index contributed by atoms with van der Waals surface area (Å²) in [6, 6.07) is 15.3. The van der Waals surface area contributed by atoms with Crippen LogP contribution in [-0.2, 0) is 0 Å². The third-order valence-corrected chi connectivity index (χ3v) is 4.06. The molecule has 0 saturated carbocycles. The lowest BCUT2D eigenvalue weighted by Gasteiger charge is -2.03. The molecule has 0 radical (unpaired) electrons. The Balaban J connectivity index is 1.67. The van der Waals surface area contributed by atoms with Crippen molar-refractivity contribution < 1.29 is 14.3 Å². The monoisotopic (exact) mass is 418 g/mol. The Morgan fingerprint density at radius 1 is 1.16 bits per heavy atom. The summed E-state index contributed by atoms with van der Waals surface area (Å²) in [7, 11) is 0. The number of furan rings is 1. The van der Waals surface area contributed by atoms with Crippen LogP contribution in [0.1, 0.15) is 16.1 Å². The normalized spacial score (nSPS) is 11.0. The van der Waals surface area contributed by atoms with Crippen molar-refractivity contribution in [1.82, 2.24) is 5.43 Å². The Labute approximate surface area is 157 Å². The van der Waals surface area contributed by atoms with Gasteiger partial charge in [0.2, 0.25) is 0 Å². The lowest BCUT2D eigenvalue weighted by atomic mass is 10.2. The SMILES string of the molecule is O=C(N/N=C/c1ccc(-c2ccc(Cl)cc2)o1)c1cc(Br)ccc1O. The van der Waals surface area contributed by atoms with Gasteiger partial charge in [0.05, 0.1) is 11.8 Å². The largest absolute Gasteiger partial charge is 0.507 e. The Bertz CT molecular complexity index is 936. The van der Waals surface area contributed by atoms with Crippen LogP contribution in [0.4, 0.5) is 0 Å². The molecule has 0 spiro atoms. The van der Waals surface area contributed by atoms with E-state index in [9.17, 15) is 9.90 Å². The van der Waals surface area contributed by atoms with E-state index in [0.717, 1.165) is 5.56 Å². The molecule has 3 aromatic rings. The molecule has 1 aromatic heterocycles. The van der Waals surface area contributed by atoms with Gasteiger partial charge >= 0.3 is 0 Å². The van der Waals surface area contributed by atoms with Crippen LogP contribution in [0.3, 0.4) is 0 Å². The number of carbonyl (C=O) groups excluding carboxylic acids is 1. The van der Waals surface area contributed by atoms with E-state index in [0.29, 0.717) is 21.0 Å². The summed E-state index contributed by atoms with van der Waals surface area (Å²) in [5.74, 6) is 0.483. The Hall–Kier alpha value is -2.57. The van der Waals surface area contributed by atoms with Gasteiger partial charge < -0.3 is 9.52 Å². The third-order valence-electron chi connectivity index (χ3n) is 3.32. The quantitative estimate of drug-likeness (QED) is 0.470. The highest BCUT2D eigenvalue weighted by Crippen LogP contribution is 2.23. The van der Waals surface area contributed by atoms with E-state index in [1.165, 1.54) is 18.3 Å². The van der Waals surface area contributed by atoms with Crippen molar-refractivity contribution in [3.05, 3.63) is 75.4 Å². The first-order valence-electron chi connectivity index (χ1n) is 7.20. The summed E-state index contributed by atoms with van der Waals surface area (Å²) in [6.45, 7) is 0. The molecule has 5 nitrogen and oxygen atoms in total. The average molecular weight is 420 g/mol. The molecule has 7 heteroatoms. The second-order valence-corrected chi connectivity index (χ2v) is 6.42. The van der Waals surface area contributed by atoms with E-state index < -0.39 is 5.91 Å². The van der Waals surface area contributed by atoms with Crippen molar-refractivity contribution in [1.29, 1.82) is 0 Å². The second kappa shape index (κ2) is 7.55. The zero-order chi connectivity index (χ0) is 17.8. The number of aromatic hydroxyl groups is 1. The average Bonchev–Trinajstić information content (AvgIpc) is 3.06. The number of nitrogens with zero attached hydrogens (tertiary/aromatic N) is 1. The first-order valence-corrected chi connectivity index (χ1v) is 8.38. The Morgan fingerprint density at radius 2 is 1.92 bits per heavy atom. The fourth-order valence-electron chi connectivity index (χ4n) is 2.10. The predicted molar refractivity (Wildman–Crippen MR) is 100 cm³/mol. The molecule has 25 heavy (non-hydrogen) atoms. The minimum absolute atomic E-state index is 0.118. The van der Waals surface area contributed by atoms with E-state index in [2.05, 4.69) is 26.5 Å². The summed E-state index contributed by atoms with van der Waals surface area (Å²) in [5.41, 5.74) is 3.34. The molecule has 2 N–H and O–H groups in total. The zero-order valence-electron chi connectivity index (χ0n) is 12.7. The van der Waals surface area contributed by atoms with Gasteiger partial charge in [0.25, 0.3) is 5.91 Å². The number of rotatable bonds is 4. The van der Waals surface area contributed by atoms with Crippen molar-refractivity contribution in [2.75, 3.05) is 0 Å². The maximum Gasteiger partial charge on any atom is 0.275 e. The summed E-state index contributed by atoms with van der Waals surface area (Å²) in [6.07, 6.45) is 1.38. The van der Waals surface area contributed by atoms with Crippen molar-refractivity contribution in [3.8, 4) is 17.1 Å². The van der Waals surface area contributed by atoms with Crippen LogP contribution in [0.25, 0.3) is 11.3 Å². The minimum atomic E-state index is -0.528. The van der Waals surface area contributed by atoms with Gasteiger partial charge in [-0.05, 0) is 54.6 Å². The molecule has 3 rings (SSSR count). The number of amides is 1. The first-order chi connectivity index (χ1) is 12.0. The molecular formula is C18H12BrClN2O3. The van der Waals surface area contributed by atoms with Gasteiger partial charge in [-0.25, -0.2) is 5.43 Å². The lowest BCUT2D eigenvalue weighted by Crippen LogP contribution is -2.17. The molecule has 0 unspecified atom stereocenters. The number of halogens is 2. The highest BCUT2D eigenvalue weighted by Gasteiger charge is 2.10. The number of hydrogen-bond acceptors (Lipinski definition) is 4. The van der Waals surface area contributed by atoms with Gasteiger partial charge in [-0.1, -0.05) is 27.5 Å². The number of nitrogens with one attached hydrogen (secondary N) is 1. The molecule has 0 atom stereocenters. The topological polar surface area (TPSA) is 74.8 Å². The number of phenols is 1. The van der Waals surface area contributed by atoms with Gasteiger partial charge in [0.15, 0.2) is 0 Å². The van der Waals surface area contributed by atoms with Crippen molar-refractivity contribution in [2.24, 2.45) is 5.10 Å². The smallest absolute Gasteiger partial charge is 0.275 e. The summed E-state index contributed by atoms with van der Waals surface area (Å²) in [4.78, 5) is 12.0. The molecule has 1 amide bonds. The predicted octanol–water partition coefficient (Wildman–Crippen LogP) is 4.83. The molecule has 0 fully saturated rings. The van der Waals surface area contributed by atoms with Crippen LogP contribution < -0.4 is 5.43 Å². The molecule has 0 aliphatic rings. The van der Waals surface area contributed by atoms with E-state index in [1.54, 1.807) is 30.3 Å². The van der Waals surface area contributed by atoms with Gasteiger partial charge in [-0.3, -0.25) is 4.79 Å². The summed E-state index contributed by atoms with van der Waals surface area (Å²) < 4.78 is 6.32. The molecule has 0 aliphatic carbocycles. The van der Waals surface area contributed by atoms with E-state index >= 15 is 0 Å². The van der Waals surface area contributed by atoms with E-state index in [-0.39, 0.29) is 11.3 Å². The lowest BCUT2D eigenvalue weighted by molar-refractivity contribution is 0.0952. The van der Waals surface area contributed by atoms with Gasteiger partial charge in [-0.2, -0.15) is 5.10 Å². The second-order valence-electron chi connectivity index (χ2n) is 5.07. The number of phenolic OH excluding ortho intramolecular Hbond substituents is 1. The minimum Gasteiger partial charge on any atom is -0.507 e. The maximum atomic E-state index is 12.0. The van der Waals surface area contributed by atoms with Crippen LogP contribution in [0, 0.1) is 0 Å². The highest BCUT2D eigenvalue weighted by molar-refractivity contribution is 9.10. The van der Waals surface area contributed by atoms with Gasteiger partial charge in [-0.15, -0.1) is 0 Å². The number of carbonyl (C=O) groups is 1. The Kier molecular flexibility index (Phi) is 5.21. The first kappa shape index (κ1) is 17.3. The molecule has 0 saturated heterocycles. The number of hydrazone groups is 1. The zero-order valence-corrected chi connectivity index (χ0v) is 15.1. The van der Waals surface area contributed by atoms with Gasteiger partial charge in [0, 0.05) is 15.1 Å². The third kappa shape index (κ3) is 4.29. The Morgan fingerprint density at radius 3 is 2.68 bits per heavy atom. The van der Waals surface area contributed by atoms with E-state index in [4.69, 9.17) is 16.0 Å². The van der Waals surface area contributed by atoms with Crippen molar-refractivity contribution in [3.63, 3.8) is 0 Å². The van der Waals surface area contributed by atoms with Crippen molar-refractivity contribution in [2.45, 2.75) is 0 Å². The maximum absolute atomic E-state index is 12.0. The standard InChI is InChI=1S/C18H12BrClN2O3/c19-12-3-7-16(23)15(9-12)18(24)22-21-10-14-6-8-17(25-14)11-1-4-13(20)5-2-11/h1-10,23H,(H,22,24)/b21-10+. The summed E-state index contributed by atoms with van der Waals surface area (Å²) in [5, 5.41) is 14.2. The van der Waals surface area contributed by atoms with Crippen molar-refractivity contribution >= 4 is 39.7 Å². The molecule has 0 aliphatic heterocycles. The van der Waals surface area contributed by atoms with Crippen LogP contribution in [-0.4, -0.2) is 17.2 Å². The summed E-state index contributed by atoms with van der Waals surface area (Å²) >= 11 is 9.11. The molecule has 1 heterocycles. The molecular weight excluding hydrogens is 408 g/mol. The molecule has 126 valence electrons. The van der Waals surface area contributed by atoms with Gasteiger partial charge in [0.1, 0.15) is 17.3 Å². The highest BCUT2D eigenvalue weighted by atomic mass is 79.9. The fourth-order valence-corrected chi connectivity index (χ4v) is 2.58. The number of hydrogen-bond donors (Lipinski definition) is 2.